The number of rotatable bonds is 1. The fourth-order valence-corrected chi connectivity index (χ4v) is 2.38. The molecule has 1 aromatic carbocycles. The average Bonchev–Trinajstić information content (AvgIpc) is 2.81. The lowest BCUT2D eigenvalue weighted by molar-refractivity contribution is 0.579. The lowest BCUT2D eigenvalue weighted by Crippen LogP contribution is -2.43. The van der Waals surface area contributed by atoms with Gasteiger partial charge in [-0.3, -0.25) is 0 Å². The maximum atomic E-state index is 6.12. The predicted octanol–water partition coefficient (Wildman–Crippen LogP) is 2.50. The highest BCUT2D eigenvalue weighted by Crippen LogP contribution is 2.32. The van der Waals surface area contributed by atoms with Crippen LogP contribution < -0.4 is 10.2 Å². The summed E-state index contributed by atoms with van der Waals surface area (Å²) >= 11 is 6.12. The van der Waals surface area contributed by atoms with Crippen LogP contribution in [-0.4, -0.2) is 26.2 Å². The van der Waals surface area contributed by atoms with Gasteiger partial charge >= 0.3 is 0 Å². The third kappa shape index (κ3) is 1.56. The van der Waals surface area contributed by atoms with Gasteiger partial charge in [0.25, 0.3) is 0 Å². The number of nitrogens with one attached hydrogen (secondary N) is 1. The van der Waals surface area contributed by atoms with E-state index in [2.05, 4.69) is 10.2 Å². The highest BCUT2D eigenvalue weighted by Gasteiger charge is 2.16. The molecule has 1 saturated heterocycles. The van der Waals surface area contributed by atoms with Crippen LogP contribution in [0.25, 0.3) is 11.0 Å². The molecule has 0 bridgehead atoms. The second-order valence-electron chi connectivity index (χ2n) is 3.97. The molecule has 1 fully saturated rings. The van der Waals surface area contributed by atoms with Crippen LogP contribution in [0, 0.1) is 0 Å². The lowest BCUT2D eigenvalue weighted by Gasteiger charge is -2.29. The molecule has 0 amide bonds. The van der Waals surface area contributed by atoms with Gasteiger partial charge in [-0.15, -0.1) is 0 Å². The van der Waals surface area contributed by atoms with Crippen molar-refractivity contribution in [1.82, 2.24) is 5.32 Å². The predicted molar refractivity (Wildman–Crippen MR) is 66.3 cm³/mol. The Morgan fingerprint density at radius 3 is 2.81 bits per heavy atom. The molecule has 1 aliphatic heterocycles. The molecular formula is C12H13ClN2O. The molecule has 0 radical (unpaired) electrons. The minimum Gasteiger partial charge on any atom is -0.462 e. The van der Waals surface area contributed by atoms with E-state index in [9.17, 15) is 0 Å². The number of hydrogen-bond acceptors (Lipinski definition) is 3. The molecule has 1 aromatic heterocycles. The summed E-state index contributed by atoms with van der Waals surface area (Å²) in [4.78, 5) is 2.33. The van der Waals surface area contributed by atoms with E-state index in [1.165, 1.54) is 0 Å². The Morgan fingerprint density at radius 2 is 2.00 bits per heavy atom. The van der Waals surface area contributed by atoms with Gasteiger partial charge < -0.3 is 14.6 Å². The topological polar surface area (TPSA) is 28.4 Å². The summed E-state index contributed by atoms with van der Waals surface area (Å²) in [6, 6.07) is 5.90. The number of hydrogen-bond donors (Lipinski definition) is 1. The highest BCUT2D eigenvalue weighted by molar-refractivity contribution is 6.35. The molecule has 16 heavy (non-hydrogen) atoms. The van der Waals surface area contributed by atoms with E-state index in [0.717, 1.165) is 47.9 Å². The Bertz CT molecular complexity index is 503. The number of anilines is 1. The minimum absolute atomic E-state index is 0.752. The van der Waals surface area contributed by atoms with Gasteiger partial charge in [0.2, 0.25) is 0 Å². The second-order valence-corrected chi connectivity index (χ2v) is 4.37. The van der Waals surface area contributed by atoms with E-state index in [0.29, 0.717) is 0 Å². The van der Waals surface area contributed by atoms with Crippen molar-refractivity contribution in [3.8, 4) is 0 Å². The quantitative estimate of drug-likeness (QED) is 0.825. The molecule has 3 nitrogen and oxygen atoms in total. The molecule has 2 heterocycles. The van der Waals surface area contributed by atoms with Crippen LogP contribution in [0.5, 0.6) is 0 Å². The Balaban J connectivity index is 2.08. The van der Waals surface area contributed by atoms with Gasteiger partial charge in [0, 0.05) is 31.6 Å². The Labute approximate surface area is 99.0 Å². The van der Waals surface area contributed by atoms with E-state index in [4.69, 9.17) is 16.0 Å². The molecule has 84 valence electrons. The number of furan rings is 1. The summed E-state index contributed by atoms with van der Waals surface area (Å²) in [5, 5.41) is 5.09. The number of nitrogens with zero attached hydrogens (tertiary/aromatic N) is 1. The monoisotopic (exact) mass is 236 g/mol. The second kappa shape index (κ2) is 4.00. The normalized spacial score (nSPS) is 16.9. The smallest absolute Gasteiger partial charge is 0.158 e. The molecular weight excluding hydrogens is 224 g/mol. The van der Waals surface area contributed by atoms with Crippen LogP contribution in [0.1, 0.15) is 0 Å². The minimum atomic E-state index is 0.752. The summed E-state index contributed by atoms with van der Waals surface area (Å²) in [6.45, 7) is 4.06. The van der Waals surface area contributed by atoms with E-state index in [1.54, 1.807) is 6.26 Å². The van der Waals surface area contributed by atoms with Crippen LogP contribution in [0.2, 0.25) is 5.02 Å². The summed E-state index contributed by atoms with van der Waals surface area (Å²) in [6.07, 6.45) is 1.70. The molecule has 0 aliphatic carbocycles. The number of benzene rings is 1. The van der Waals surface area contributed by atoms with Crippen molar-refractivity contribution in [1.29, 1.82) is 0 Å². The number of fused-ring (bicyclic) bond motifs is 1. The van der Waals surface area contributed by atoms with Crippen molar-refractivity contribution in [2.75, 3.05) is 31.1 Å². The summed E-state index contributed by atoms with van der Waals surface area (Å²) in [7, 11) is 0. The van der Waals surface area contributed by atoms with Gasteiger partial charge in [0.05, 0.1) is 17.0 Å². The van der Waals surface area contributed by atoms with E-state index < -0.39 is 0 Å². The Kier molecular flexibility index (Phi) is 2.50. The molecule has 0 saturated carbocycles. The largest absolute Gasteiger partial charge is 0.462 e. The van der Waals surface area contributed by atoms with Crippen molar-refractivity contribution < 1.29 is 4.42 Å². The first-order valence-corrected chi connectivity index (χ1v) is 5.85. The van der Waals surface area contributed by atoms with Crippen LogP contribution in [0.15, 0.2) is 28.9 Å². The van der Waals surface area contributed by atoms with Crippen molar-refractivity contribution in [2.45, 2.75) is 0 Å². The van der Waals surface area contributed by atoms with Gasteiger partial charge in [-0.05, 0) is 18.2 Å². The van der Waals surface area contributed by atoms with Gasteiger partial charge in [0.15, 0.2) is 5.58 Å². The molecule has 2 aromatic rings. The Morgan fingerprint density at radius 1 is 1.19 bits per heavy atom. The maximum absolute atomic E-state index is 6.12. The van der Waals surface area contributed by atoms with Crippen LogP contribution in [0.4, 0.5) is 5.69 Å². The van der Waals surface area contributed by atoms with Gasteiger partial charge in [-0.2, -0.15) is 0 Å². The van der Waals surface area contributed by atoms with Crippen LogP contribution >= 0.6 is 11.6 Å². The highest BCUT2D eigenvalue weighted by atomic mass is 35.5. The van der Waals surface area contributed by atoms with Crippen molar-refractivity contribution in [3.05, 3.63) is 29.5 Å². The fraction of sp³-hybridized carbons (Fsp3) is 0.333. The van der Waals surface area contributed by atoms with Crippen LogP contribution in [0.3, 0.4) is 0 Å². The van der Waals surface area contributed by atoms with E-state index in [1.807, 2.05) is 18.2 Å². The number of halogens is 1. The zero-order valence-corrected chi connectivity index (χ0v) is 9.63. The molecule has 0 spiro atoms. The third-order valence-corrected chi connectivity index (χ3v) is 3.33. The summed E-state index contributed by atoms with van der Waals surface area (Å²) in [5.74, 6) is 0. The first-order valence-electron chi connectivity index (χ1n) is 5.47. The standard InChI is InChI=1S/C12H13ClN2O/c13-10-1-2-11(12-9(10)3-8-16-12)15-6-4-14-5-7-15/h1-3,8,14H,4-7H2. The molecule has 0 atom stereocenters. The molecule has 3 rings (SSSR count). The average molecular weight is 237 g/mol. The fourth-order valence-electron chi connectivity index (χ4n) is 2.17. The van der Waals surface area contributed by atoms with Gasteiger partial charge in [0.1, 0.15) is 0 Å². The van der Waals surface area contributed by atoms with Gasteiger partial charge in [-0.1, -0.05) is 11.6 Å². The van der Waals surface area contributed by atoms with Gasteiger partial charge in [-0.25, -0.2) is 0 Å². The summed E-state index contributed by atoms with van der Waals surface area (Å²) < 4.78 is 5.54. The van der Waals surface area contributed by atoms with E-state index in [-0.39, 0.29) is 0 Å². The SMILES string of the molecule is Clc1ccc(N2CCNCC2)c2occc12. The first-order chi connectivity index (χ1) is 7.86. The molecule has 1 aliphatic rings. The zero-order chi connectivity index (χ0) is 11.0. The Hall–Kier alpha value is -1.19. The molecule has 1 N–H and O–H groups in total. The molecule has 0 unspecified atom stereocenters. The third-order valence-electron chi connectivity index (χ3n) is 3.00. The number of piperazine rings is 1. The van der Waals surface area contributed by atoms with Crippen molar-refractivity contribution in [3.63, 3.8) is 0 Å². The van der Waals surface area contributed by atoms with E-state index >= 15 is 0 Å². The first kappa shape index (κ1) is 10.00. The molecule has 4 heteroatoms. The zero-order valence-electron chi connectivity index (χ0n) is 8.87. The van der Waals surface area contributed by atoms with Crippen molar-refractivity contribution in [2.24, 2.45) is 0 Å². The maximum Gasteiger partial charge on any atom is 0.158 e. The van der Waals surface area contributed by atoms with Crippen LogP contribution in [-0.2, 0) is 0 Å². The summed E-state index contributed by atoms with van der Waals surface area (Å²) in [5.41, 5.74) is 2.04. The van der Waals surface area contributed by atoms with Crippen molar-refractivity contribution >= 4 is 28.3 Å². The lowest BCUT2D eigenvalue weighted by atomic mass is 10.2.